The van der Waals surface area contributed by atoms with Gasteiger partial charge in [-0.05, 0) is 49.4 Å². The number of ether oxygens (including phenoxy) is 1. The third kappa shape index (κ3) is 3.84. The smallest absolute Gasteiger partial charge is 0.217 e. The maximum atomic E-state index is 13.5. The van der Waals surface area contributed by atoms with E-state index in [0.717, 1.165) is 35.2 Å². The van der Waals surface area contributed by atoms with Crippen LogP contribution in [0.4, 0.5) is 4.39 Å². The maximum Gasteiger partial charge on any atom is 0.217 e. The van der Waals surface area contributed by atoms with Gasteiger partial charge in [0.05, 0.1) is 10.5 Å². The molecule has 2 aromatic carbocycles. The molecule has 0 bridgehead atoms. The summed E-state index contributed by atoms with van der Waals surface area (Å²) in [5.74, 6) is 0.156. The van der Waals surface area contributed by atoms with Gasteiger partial charge in [-0.15, -0.1) is 0 Å². The summed E-state index contributed by atoms with van der Waals surface area (Å²) < 4.78 is 21.4. The summed E-state index contributed by atoms with van der Waals surface area (Å²) in [6, 6.07) is 10.5. The average Bonchev–Trinajstić information content (AvgIpc) is 2.94. The molecule has 7 heteroatoms. The van der Waals surface area contributed by atoms with E-state index in [1.807, 2.05) is 22.9 Å². The molecule has 0 aliphatic carbocycles. The van der Waals surface area contributed by atoms with Gasteiger partial charge in [0.15, 0.2) is 0 Å². The maximum absolute atomic E-state index is 13.5. The molecule has 5 nitrogen and oxygen atoms in total. The number of primary amides is 1. The van der Waals surface area contributed by atoms with Gasteiger partial charge in [0.1, 0.15) is 18.2 Å². The average molecular weight is 402 g/mol. The van der Waals surface area contributed by atoms with Crippen LogP contribution in [0.2, 0.25) is 5.02 Å². The molecule has 1 aliphatic heterocycles. The molecule has 0 atom stereocenters. The van der Waals surface area contributed by atoms with Gasteiger partial charge in [-0.1, -0.05) is 11.6 Å². The summed E-state index contributed by atoms with van der Waals surface area (Å²) >= 11 is 6.53. The SMILES string of the molecule is NC(=O)CCCN1CCOc2c(Cl)cc(-n3ccc4cc(F)ccc43)cc2C1. The highest BCUT2D eigenvalue weighted by molar-refractivity contribution is 6.32. The van der Waals surface area contributed by atoms with Crippen molar-refractivity contribution in [1.82, 2.24) is 9.47 Å². The zero-order valence-corrected chi connectivity index (χ0v) is 16.1. The van der Waals surface area contributed by atoms with E-state index in [1.165, 1.54) is 12.1 Å². The molecule has 146 valence electrons. The van der Waals surface area contributed by atoms with Crippen LogP contribution in [0.3, 0.4) is 0 Å². The van der Waals surface area contributed by atoms with Crippen molar-refractivity contribution in [3.05, 3.63) is 59.0 Å². The van der Waals surface area contributed by atoms with Crippen LogP contribution in [0, 0.1) is 5.82 Å². The van der Waals surface area contributed by atoms with Crippen LogP contribution in [0.1, 0.15) is 18.4 Å². The van der Waals surface area contributed by atoms with Crippen LogP contribution in [0.25, 0.3) is 16.6 Å². The predicted octanol–water partition coefficient (Wildman–Crippen LogP) is 3.88. The molecular weight excluding hydrogens is 381 g/mol. The fourth-order valence-corrected chi connectivity index (χ4v) is 3.94. The number of aromatic nitrogens is 1. The van der Waals surface area contributed by atoms with Crippen LogP contribution in [-0.4, -0.2) is 35.1 Å². The number of benzene rings is 2. The predicted molar refractivity (Wildman–Crippen MR) is 107 cm³/mol. The van der Waals surface area contributed by atoms with E-state index in [-0.39, 0.29) is 11.7 Å². The highest BCUT2D eigenvalue weighted by Gasteiger charge is 2.19. The summed E-state index contributed by atoms with van der Waals surface area (Å²) in [5.41, 5.74) is 8.03. The monoisotopic (exact) mass is 401 g/mol. The van der Waals surface area contributed by atoms with E-state index in [0.29, 0.717) is 36.8 Å². The van der Waals surface area contributed by atoms with E-state index in [1.54, 1.807) is 6.07 Å². The fourth-order valence-electron chi connectivity index (χ4n) is 3.66. The first-order chi connectivity index (χ1) is 13.5. The topological polar surface area (TPSA) is 60.5 Å². The number of hydrogen-bond donors (Lipinski definition) is 1. The van der Waals surface area contributed by atoms with Gasteiger partial charge in [0, 0.05) is 42.3 Å². The van der Waals surface area contributed by atoms with Gasteiger partial charge in [-0.25, -0.2) is 4.39 Å². The summed E-state index contributed by atoms with van der Waals surface area (Å²) in [6.07, 6.45) is 2.99. The molecule has 1 aliphatic rings. The van der Waals surface area contributed by atoms with Gasteiger partial charge in [0.25, 0.3) is 0 Å². The van der Waals surface area contributed by atoms with Gasteiger partial charge in [0.2, 0.25) is 5.91 Å². The van der Waals surface area contributed by atoms with E-state index < -0.39 is 0 Å². The molecule has 2 N–H and O–H groups in total. The quantitative estimate of drug-likeness (QED) is 0.705. The number of hydrogen-bond acceptors (Lipinski definition) is 3. The second-order valence-corrected chi connectivity index (χ2v) is 7.41. The standard InChI is InChI=1S/C21H21ClFN3O2/c22-18-12-17(26-7-5-14-10-16(23)3-4-19(14)26)11-15-13-25(6-1-2-20(24)27)8-9-28-21(15)18/h3-5,7,10-12H,1-2,6,8-9,13H2,(H2,24,27). The molecule has 0 radical (unpaired) electrons. The molecule has 1 aromatic heterocycles. The Bertz CT molecular complexity index is 1030. The zero-order chi connectivity index (χ0) is 19.7. The van der Waals surface area contributed by atoms with Crippen LogP contribution >= 0.6 is 11.6 Å². The Morgan fingerprint density at radius 2 is 2.11 bits per heavy atom. The van der Waals surface area contributed by atoms with Crippen molar-refractivity contribution in [1.29, 1.82) is 0 Å². The summed E-state index contributed by atoms with van der Waals surface area (Å²) in [4.78, 5) is 13.2. The van der Waals surface area contributed by atoms with Gasteiger partial charge >= 0.3 is 0 Å². The molecule has 0 saturated heterocycles. The van der Waals surface area contributed by atoms with E-state index >= 15 is 0 Å². The van der Waals surface area contributed by atoms with E-state index in [4.69, 9.17) is 22.1 Å². The van der Waals surface area contributed by atoms with Crippen LogP contribution in [-0.2, 0) is 11.3 Å². The molecule has 0 fully saturated rings. The number of carbonyl (C=O) groups is 1. The first kappa shape index (κ1) is 18.8. The lowest BCUT2D eigenvalue weighted by atomic mass is 10.1. The van der Waals surface area contributed by atoms with Crippen LogP contribution < -0.4 is 10.5 Å². The lowest BCUT2D eigenvalue weighted by Gasteiger charge is -2.19. The molecule has 0 spiro atoms. The van der Waals surface area contributed by atoms with Gasteiger partial charge < -0.3 is 15.0 Å². The van der Waals surface area contributed by atoms with E-state index in [2.05, 4.69) is 11.0 Å². The first-order valence-corrected chi connectivity index (χ1v) is 9.62. The molecule has 0 saturated carbocycles. The summed E-state index contributed by atoms with van der Waals surface area (Å²) in [6.45, 7) is 2.73. The Kier molecular flexibility index (Phi) is 5.24. The Morgan fingerprint density at radius 3 is 2.93 bits per heavy atom. The highest BCUT2D eigenvalue weighted by Crippen LogP contribution is 2.35. The minimum Gasteiger partial charge on any atom is -0.490 e. The number of amides is 1. The highest BCUT2D eigenvalue weighted by atomic mass is 35.5. The van der Waals surface area contributed by atoms with Crippen LogP contribution in [0.5, 0.6) is 5.75 Å². The first-order valence-electron chi connectivity index (χ1n) is 9.24. The number of rotatable bonds is 5. The Morgan fingerprint density at radius 1 is 1.25 bits per heavy atom. The normalized spacial score (nSPS) is 14.5. The van der Waals surface area contributed by atoms with Crippen molar-refractivity contribution in [3.8, 4) is 11.4 Å². The minimum atomic E-state index is -0.285. The minimum absolute atomic E-state index is 0.259. The second kappa shape index (κ2) is 7.81. The molecule has 28 heavy (non-hydrogen) atoms. The number of halogens is 2. The van der Waals surface area contributed by atoms with Gasteiger partial charge in [-0.3, -0.25) is 9.69 Å². The Balaban J connectivity index is 1.65. The fraction of sp³-hybridized carbons (Fsp3) is 0.286. The lowest BCUT2D eigenvalue weighted by Crippen LogP contribution is -2.27. The lowest BCUT2D eigenvalue weighted by molar-refractivity contribution is -0.118. The van der Waals surface area contributed by atoms with E-state index in [9.17, 15) is 9.18 Å². The molecule has 4 rings (SSSR count). The second-order valence-electron chi connectivity index (χ2n) is 7.00. The van der Waals surface area contributed by atoms with Crippen molar-refractivity contribution in [2.24, 2.45) is 5.73 Å². The molecule has 3 aromatic rings. The number of nitrogens with zero attached hydrogens (tertiary/aromatic N) is 2. The molecular formula is C21H21ClFN3O2. The van der Waals surface area contributed by atoms with Gasteiger partial charge in [-0.2, -0.15) is 0 Å². The zero-order valence-electron chi connectivity index (χ0n) is 15.3. The van der Waals surface area contributed by atoms with Crippen LogP contribution in [0.15, 0.2) is 42.6 Å². The summed E-state index contributed by atoms with van der Waals surface area (Å²) in [7, 11) is 0. The van der Waals surface area contributed by atoms with Crippen molar-refractivity contribution in [2.75, 3.05) is 19.7 Å². The number of fused-ring (bicyclic) bond motifs is 2. The molecule has 2 heterocycles. The molecule has 0 unspecified atom stereocenters. The van der Waals surface area contributed by atoms with Crippen molar-refractivity contribution >= 4 is 28.4 Å². The summed E-state index contributed by atoms with van der Waals surface area (Å²) in [5, 5.41) is 1.38. The number of carbonyl (C=O) groups excluding carboxylic acids is 1. The van der Waals surface area contributed by atoms with Crippen molar-refractivity contribution in [3.63, 3.8) is 0 Å². The van der Waals surface area contributed by atoms with Crippen molar-refractivity contribution in [2.45, 2.75) is 19.4 Å². The number of nitrogens with two attached hydrogens (primary N) is 1. The van der Waals surface area contributed by atoms with Crippen molar-refractivity contribution < 1.29 is 13.9 Å². The Labute approximate surface area is 167 Å². The third-order valence-corrected chi connectivity index (χ3v) is 5.26. The third-order valence-electron chi connectivity index (χ3n) is 4.98. The molecule has 1 amide bonds. The Hall–Kier alpha value is -2.57. The largest absolute Gasteiger partial charge is 0.490 e.